The summed E-state index contributed by atoms with van der Waals surface area (Å²) < 4.78 is 0. The average molecular weight is 219 g/mol. The van der Waals surface area contributed by atoms with Gasteiger partial charge in [0.25, 0.3) is 0 Å². The predicted octanol–water partition coefficient (Wildman–Crippen LogP) is -1.27. The van der Waals surface area contributed by atoms with Crippen LogP contribution in [0.5, 0.6) is 0 Å². The van der Waals surface area contributed by atoms with E-state index in [0.29, 0.717) is 11.7 Å². The van der Waals surface area contributed by atoms with Crippen LogP contribution < -0.4 is 11.6 Å². The van der Waals surface area contributed by atoms with Crippen LogP contribution in [-0.4, -0.2) is 53.7 Å². The Kier molecular flexibility index (Phi) is 5.36. The Bertz CT molecular complexity index is 218. The highest BCUT2D eigenvalue weighted by Crippen LogP contribution is 1.98. The number of carbonyl (C=O) groups excluding carboxylic acids is 1. The number of hydrazine groups is 2. The van der Waals surface area contributed by atoms with Gasteiger partial charge in [-0.2, -0.15) is 0 Å². The van der Waals surface area contributed by atoms with Crippen molar-refractivity contribution in [3.63, 3.8) is 0 Å². The fourth-order valence-corrected chi connectivity index (χ4v) is 1.12. The molecule has 0 spiro atoms. The molecule has 0 fully saturated rings. The molecule has 0 aromatic heterocycles. The van der Waals surface area contributed by atoms with Crippen LogP contribution in [0.4, 0.5) is 0 Å². The van der Waals surface area contributed by atoms with Gasteiger partial charge in [0.15, 0.2) is 5.11 Å². The molecule has 0 saturated carbocycles. The minimum Gasteiger partial charge on any atom is -0.370 e. The van der Waals surface area contributed by atoms with Gasteiger partial charge in [-0.3, -0.25) is 14.8 Å². The van der Waals surface area contributed by atoms with E-state index in [-0.39, 0.29) is 12.3 Å². The van der Waals surface area contributed by atoms with Crippen LogP contribution in [-0.2, 0) is 4.79 Å². The number of nitrogens with two attached hydrogens (primary N) is 2. The standard InChI is InChI=1S/C7H17N5OS/c1-10(2)12(5-4-6(8)13)7(14)11(3)9/h4-5,9H2,1-3H3,(H2,8,13). The summed E-state index contributed by atoms with van der Waals surface area (Å²) in [6, 6.07) is 0. The van der Waals surface area contributed by atoms with Crippen LogP contribution in [0.2, 0.25) is 0 Å². The second kappa shape index (κ2) is 5.74. The number of hydrogen-bond donors (Lipinski definition) is 2. The van der Waals surface area contributed by atoms with Crippen molar-refractivity contribution in [3.8, 4) is 0 Å². The number of amides is 1. The first-order chi connectivity index (χ1) is 6.36. The Hall–Kier alpha value is -0.920. The molecule has 0 saturated heterocycles. The highest BCUT2D eigenvalue weighted by Gasteiger charge is 2.14. The van der Waals surface area contributed by atoms with Crippen molar-refractivity contribution >= 4 is 23.2 Å². The van der Waals surface area contributed by atoms with Gasteiger partial charge < -0.3 is 5.73 Å². The molecule has 0 radical (unpaired) electrons. The van der Waals surface area contributed by atoms with Crippen LogP contribution >= 0.6 is 12.2 Å². The van der Waals surface area contributed by atoms with Crippen molar-refractivity contribution in [3.05, 3.63) is 0 Å². The zero-order valence-corrected chi connectivity index (χ0v) is 9.54. The first kappa shape index (κ1) is 13.1. The summed E-state index contributed by atoms with van der Waals surface area (Å²) in [5.74, 6) is 5.13. The Morgan fingerprint density at radius 3 is 2.14 bits per heavy atom. The summed E-state index contributed by atoms with van der Waals surface area (Å²) in [5, 5.41) is 5.21. The molecule has 0 bridgehead atoms. The first-order valence-electron chi connectivity index (χ1n) is 4.11. The molecule has 4 N–H and O–H groups in total. The average Bonchev–Trinajstić information content (AvgIpc) is 2.02. The number of primary amides is 1. The lowest BCUT2D eigenvalue weighted by atomic mass is 10.4. The maximum Gasteiger partial charge on any atom is 0.219 e. The fourth-order valence-electron chi connectivity index (χ4n) is 0.865. The molecule has 1 amide bonds. The predicted molar refractivity (Wildman–Crippen MR) is 58.8 cm³/mol. The van der Waals surface area contributed by atoms with Crippen molar-refractivity contribution in [2.45, 2.75) is 6.42 Å². The summed E-state index contributed by atoms with van der Waals surface area (Å²) >= 11 is 5.06. The van der Waals surface area contributed by atoms with E-state index in [1.54, 1.807) is 17.1 Å². The second-order valence-corrected chi connectivity index (χ2v) is 3.45. The van der Waals surface area contributed by atoms with E-state index in [0.717, 1.165) is 0 Å². The molecule has 7 heteroatoms. The third-order valence-corrected chi connectivity index (χ3v) is 2.07. The smallest absolute Gasteiger partial charge is 0.219 e. The van der Waals surface area contributed by atoms with E-state index in [9.17, 15) is 4.79 Å². The molecule has 0 aromatic rings. The third-order valence-electron chi connectivity index (χ3n) is 1.58. The molecule has 6 nitrogen and oxygen atoms in total. The molecular formula is C7H17N5OS. The van der Waals surface area contributed by atoms with Gasteiger partial charge in [-0.15, -0.1) is 0 Å². The van der Waals surface area contributed by atoms with Gasteiger partial charge in [-0.25, -0.2) is 10.9 Å². The van der Waals surface area contributed by atoms with Crippen molar-refractivity contribution in [1.82, 2.24) is 15.0 Å². The van der Waals surface area contributed by atoms with E-state index < -0.39 is 0 Å². The van der Waals surface area contributed by atoms with Crippen LogP contribution in [0.15, 0.2) is 0 Å². The van der Waals surface area contributed by atoms with Gasteiger partial charge in [0.1, 0.15) is 0 Å². The molecule has 0 heterocycles. The number of thiocarbonyl (C=S) groups is 1. The lowest BCUT2D eigenvalue weighted by Crippen LogP contribution is -2.51. The Morgan fingerprint density at radius 1 is 1.36 bits per heavy atom. The minimum absolute atomic E-state index is 0.242. The topological polar surface area (TPSA) is 78.8 Å². The van der Waals surface area contributed by atoms with Gasteiger partial charge in [-0.1, -0.05) is 0 Å². The summed E-state index contributed by atoms with van der Waals surface area (Å²) in [5.41, 5.74) is 5.04. The Balaban J connectivity index is 4.29. The quantitative estimate of drug-likeness (QED) is 0.349. The first-order valence-corrected chi connectivity index (χ1v) is 4.52. The molecule has 0 unspecified atom stereocenters. The number of rotatable bonds is 4. The third kappa shape index (κ3) is 4.35. The maximum absolute atomic E-state index is 10.6. The molecule has 0 aromatic carbocycles. The van der Waals surface area contributed by atoms with E-state index >= 15 is 0 Å². The zero-order valence-electron chi connectivity index (χ0n) is 8.73. The van der Waals surface area contributed by atoms with E-state index in [1.165, 1.54) is 5.01 Å². The van der Waals surface area contributed by atoms with E-state index in [2.05, 4.69) is 0 Å². The minimum atomic E-state index is -0.362. The number of nitrogens with zero attached hydrogens (tertiary/aromatic N) is 3. The summed E-state index contributed by atoms with van der Waals surface area (Å²) in [6.07, 6.45) is 0.242. The Labute approximate surface area is 89.3 Å². The van der Waals surface area contributed by atoms with Gasteiger partial charge in [0.05, 0.1) is 0 Å². The molecule has 14 heavy (non-hydrogen) atoms. The SMILES string of the molecule is CN(N)C(=S)N(CCC(N)=O)N(C)C. The number of hydrogen-bond acceptors (Lipinski definition) is 4. The molecule has 82 valence electrons. The zero-order chi connectivity index (χ0) is 11.3. The van der Waals surface area contributed by atoms with Gasteiger partial charge in [0, 0.05) is 34.1 Å². The van der Waals surface area contributed by atoms with Crippen molar-refractivity contribution in [2.24, 2.45) is 11.6 Å². The van der Waals surface area contributed by atoms with Crippen molar-refractivity contribution in [1.29, 1.82) is 0 Å². The van der Waals surface area contributed by atoms with Gasteiger partial charge in [0.2, 0.25) is 5.91 Å². The Morgan fingerprint density at radius 2 is 1.86 bits per heavy atom. The highest BCUT2D eigenvalue weighted by molar-refractivity contribution is 7.80. The molecule has 0 aliphatic rings. The molecule has 0 rings (SSSR count). The molecular weight excluding hydrogens is 202 g/mol. The lowest BCUT2D eigenvalue weighted by Gasteiger charge is -2.33. The van der Waals surface area contributed by atoms with Crippen LogP contribution in [0.1, 0.15) is 6.42 Å². The lowest BCUT2D eigenvalue weighted by molar-refractivity contribution is -0.118. The highest BCUT2D eigenvalue weighted by atomic mass is 32.1. The number of carbonyl (C=O) groups is 1. The van der Waals surface area contributed by atoms with Gasteiger partial charge in [-0.05, 0) is 12.2 Å². The fraction of sp³-hybridized carbons (Fsp3) is 0.714. The maximum atomic E-state index is 10.6. The molecule has 0 atom stereocenters. The summed E-state index contributed by atoms with van der Waals surface area (Å²) in [7, 11) is 5.27. The van der Waals surface area contributed by atoms with E-state index in [1.807, 2.05) is 14.1 Å². The van der Waals surface area contributed by atoms with Crippen LogP contribution in [0.25, 0.3) is 0 Å². The van der Waals surface area contributed by atoms with Crippen LogP contribution in [0.3, 0.4) is 0 Å². The summed E-state index contributed by atoms with van der Waals surface area (Å²) in [6.45, 7) is 0.433. The van der Waals surface area contributed by atoms with Crippen molar-refractivity contribution < 1.29 is 4.79 Å². The van der Waals surface area contributed by atoms with Gasteiger partial charge >= 0.3 is 0 Å². The van der Waals surface area contributed by atoms with Crippen LogP contribution in [0, 0.1) is 0 Å². The monoisotopic (exact) mass is 219 g/mol. The molecule has 0 aliphatic heterocycles. The summed E-state index contributed by atoms with van der Waals surface area (Å²) in [4.78, 5) is 10.6. The largest absolute Gasteiger partial charge is 0.370 e. The van der Waals surface area contributed by atoms with Crippen molar-refractivity contribution in [2.75, 3.05) is 27.7 Å². The normalized spacial score (nSPS) is 10.1. The molecule has 0 aliphatic carbocycles. The van der Waals surface area contributed by atoms with E-state index in [4.69, 9.17) is 23.8 Å². The second-order valence-electron chi connectivity index (χ2n) is 3.08.